The molecule has 1 fully saturated rings. The molecule has 0 saturated carbocycles. The number of piperidine rings is 1. The summed E-state index contributed by atoms with van der Waals surface area (Å²) < 4.78 is 20.4. The number of carbonyl (C=O) groups excluding carboxylic acids is 1. The summed E-state index contributed by atoms with van der Waals surface area (Å²) in [6, 6.07) is 8.45. The molecule has 0 N–H and O–H groups in total. The summed E-state index contributed by atoms with van der Waals surface area (Å²) in [7, 11) is 0. The topological polar surface area (TPSA) is 73.1 Å². The van der Waals surface area contributed by atoms with E-state index in [4.69, 9.17) is 4.74 Å². The number of ether oxygens (including phenoxy) is 1. The lowest BCUT2D eigenvalue weighted by molar-refractivity contribution is 0.0514. The lowest BCUT2D eigenvalue weighted by Crippen LogP contribution is -2.47. The van der Waals surface area contributed by atoms with E-state index in [-0.39, 0.29) is 11.9 Å². The van der Waals surface area contributed by atoms with E-state index < -0.39 is 5.82 Å². The van der Waals surface area contributed by atoms with Crippen LogP contribution in [0.2, 0.25) is 0 Å². The minimum absolute atomic E-state index is 0.0319. The third-order valence-electron chi connectivity index (χ3n) is 5.61. The molecule has 7 nitrogen and oxygen atoms in total. The zero-order chi connectivity index (χ0) is 21.8. The van der Waals surface area contributed by atoms with Gasteiger partial charge in [0.1, 0.15) is 5.82 Å². The van der Waals surface area contributed by atoms with Crippen LogP contribution in [-0.2, 0) is 0 Å². The molecule has 1 saturated heterocycles. The molecule has 4 heterocycles. The van der Waals surface area contributed by atoms with E-state index in [0.717, 1.165) is 24.7 Å². The quantitative estimate of drug-likeness (QED) is 0.603. The van der Waals surface area contributed by atoms with Gasteiger partial charge in [0.05, 0.1) is 18.5 Å². The van der Waals surface area contributed by atoms with E-state index in [2.05, 4.69) is 22.0 Å². The van der Waals surface area contributed by atoms with Crippen LogP contribution in [0.3, 0.4) is 0 Å². The van der Waals surface area contributed by atoms with Crippen LogP contribution in [-0.4, -0.2) is 49.7 Å². The number of rotatable bonds is 6. The monoisotopic (exact) mass is 423 g/mol. The maximum Gasteiger partial charge on any atom is 0.274 e. The molecule has 3 aromatic heterocycles. The van der Waals surface area contributed by atoms with Gasteiger partial charge in [-0.2, -0.15) is 5.10 Å². The molecule has 0 bridgehead atoms. The van der Waals surface area contributed by atoms with Crippen molar-refractivity contribution in [1.82, 2.24) is 24.6 Å². The zero-order valence-electron chi connectivity index (χ0n) is 17.7. The summed E-state index contributed by atoms with van der Waals surface area (Å²) in [5, 5.41) is 4.28. The van der Waals surface area contributed by atoms with Gasteiger partial charge in [-0.15, -0.1) is 0 Å². The van der Waals surface area contributed by atoms with Gasteiger partial charge in [0.15, 0.2) is 5.69 Å². The molecule has 0 aliphatic carbocycles. The van der Waals surface area contributed by atoms with Crippen molar-refractivity contribution in [2.24, 2.45) is 5.92 Å². The lowest BCUT2D eigenvalue weighted by Gasteiger charge is -2.38. The predicted molar refractivity (Wildman–Crippen MR) is 114 cm³/mol. The molecule has 1 aliphatic rings. The number of halogens is 1. The van der Waals surface area contributed by atoms with E-state index in [1.54, 1.807) is 10.9 Å². The van der Waals surface area contributed by atoms with Crippen molar-refractivity contribution in [3.05, 3.63) is 66.1 Å². The fourth-order valence-electron chi connectivity index (χ4n) is 3.98. The fraction of sp³-hybridized carbons (Fsp3) is 0.391. The van der Waals surface area contributed by atoms with Crippen molar-refractivity contribution in [2.75, 3.05) is 13.2 Å². The molecule has 2 atom stereocenters. The van der Waals surface area contributed by atoms with Crippen molar-refractivity contribution < 1.29 is 13.9 Å². The minimum Gasteiger partial charge on any atom is -0.478 e. The highest BCUT2D eigenvalue weighted by Crippen LogP contribution is 2.27. The van der Waals surface area contributed by atoms with Gasteiger partial charge in [-0.05, 0) is 49.9 Å². The number of likely N-dealkylation sites (tertiary alicyclic amines) is 1. The van der Waals surface area contributed by atoms with E-state index in [1.165, 1.54) is 12.1 Å². The Morgan fingerprint density at radius 1 is 1.29 bits per heavy atom. The third-order valence-corrected chi connectivity index (χ3v) is 5.61. The number of amides is 1. The molecular weight excluding hydrogens is 397 g/mol. The molecule has 0 radical (unpaired) electrons. The number of carbonyl (C=O) groups is 1. The predicted octanol–water partition coefficient (Wildman–Crippen LogP) is 3.82. The molecule has 0 spiro atoms. The highest BCUT2D eigenvalue weighted by atomic mass is 19.1. The number of hydrogen-bond acceptors (Lipinski definition) is 5. The number of hydrogen-bond donors (Lipinski definition) is 0. The van der Waals surface area contributed by atoms with E-state index in [1.807, 2.05) is 36.2 Å². The first kappa shape index (κ1) is 21.0. The largest absolute Gasteiger partial charge is 0.478 e. The molecule has 1 amide bonds. The second kappa shape index (κ2) is 9.24. The van der Waals surface area contributed by atoms with Crippen LogP contribution in [0.15, 0.2) is 48.9 Å². The van der Waals surface area contributed by atoms with Crippen LogP contribution in [0.1, 0.15) is 42.4 Å². The first-order valence-electron chi connectivity index (χ1n) is 10.5. The molecule has 0 aromatic carbocycles. The van der Waals surface area contributed by atoms with Gasteiger partial charge in [0.2, 0.25) is 5.88 Å². The molecular formula is C23H26FN5O2. The standard InChI is InChI=1S/C23H26FN5O2/c1-16-8-12-28(19(14-16)9-13-31-21-7-5-18(24)15-25-21)23(30)22-20(6-4-17(2)27-22)29-11-3-10-26-29/h3-7,10-11,15-16,19H,8-9,12-14H2,1-2H3/t16-,19-/m1/s1. The van der Waals surface area contributed by atoms with Crippen LogP contribution in [0, 0.1) is 18.7 Å². The van der Waals surface area contributed by atoms with Crippen LogP contribution >= 0.6 is 0 Å². The van der Waals surface area contributed by atoms with Crippen LogP contribution in [0.4, 0.5) is 4.39 Å². The SMILES string of the molecule is Cc1ccc(-n2cccn2)c(C(=O)N2CC[C@@H](C)C[C@H]2CCOc2ccc(F)cn2)n1. The summed E-state index contributed by atoms with van der Waals surface area (Å²) in [5.74, 6) is 0.411. The zero-order valence-corrected chi connectivity index (χ0v) is 17.7. The molecule has 4 rings (SSSR count). The van der Waals surface area contributed by atoms with Crippen LogP contribution in [0.5, 0.6) is 5.88 Å². The summed E-state index contributed by atoms with van der Waals surface area (Å²) in [5.41, 5.74) is 1.86. The normalized spacial score (nSPS) is 18.7. The summed E-state index contributed by atoms with van der Waals surface area (Å²) >= 11 is 0. The smallest absolute Gasteiger partial charge is 0.274 e. The average molecular weight is 423 g/mol. The Kier molecular flexibility index (Phi) is 6.25. The number of aryl methyl sites for hydroxylation is 1. The van der Waals surface area contributed by atoms with E-state index in [9.17, 15) is 9.18 Å². The van der Waals surface area contributed by atoms with Gasteiger partial charge in [-0.25, -0.2) is 19.0 Å². The summed E-state index contributed by atoms with van der Waals surface area (Å²) in [4.78, 5) is 24.0. The summed E-state index contributed by atoms with van der Waals surface area (Å²) in [6.07, 6.45) is 7.13. The van der Waals surface area contributed by atoms with Gasteiger partial charge >= 0.3 is 0 Å². The Labute approximate surface area is 180 Å². The Morgan fingerprint density at radius 2 is 2.16 bits per heavy atom. The summed E-state index contributed by atoms with van der Waals surface area (Å²) in [6.45, 7) is 5.15. The highest BCUT2D eigenvalue weighted by molar-refractivity contribution is 5.96. The van der Waals surface area contributed by atoms with Gasteiger partial charge in [-0.1, -0.05) is 6.92 Å². The van der Waals surface area contributed by atoms with Crippen LogP contribution in [0.25, 0.3) is 5.69 Å². The Bertz CT molecular complexity index is 1020. The lowest BCUT2D eigenvalue weighted by atomic mass is 9.90. The maximum absolute atomic E-state index is 13.6. The molecule has 3 aromatic rings. The first-order chi connectivity index (χ1) is 15.0. The van der Waals surface area contributed by atoms with Gasteiger partial charge in [0, 0.05) is 43.2 Å². The Morgan fingerprint density at radius 3 is 2.90 bits per heavy atom. The minimum atomic E-state index is -0.399. The van der Waals surface area contributed by atoms with Crippen LogP contribution < -0.4 is 4.74 Å². The fourth-order valence-corrected chi connectivity index (χ4v) is 3.98. The van der Waals surface area contributed by atoms with Gasteiger partial charge in [-0.3, -0.25) is 4.79 Å². The van der Waals surface area contributed by atoms with E-state index in [0.29, 0.717) is 42.8 Å². The highest BCUT2D eigenvalue weighted by Gasteiger charge is 2.32. The van der Waals surface area contributed by atoms with Gasteiger partial charge < -0.3 is 9.64 Å². The molecule has 8 heteroatoms. The molecule has 162 valence electrons. The second-order valence-electron chi connectivity index (χ2n) is 8.00. The number of aromatic nitrogens is 4. The van der Waals surface area contributed by atoms with Crippen molar-refractivity contribution in [1.29, 1.82) is 0 Å². The van der Waals surface area contributed by atoms with Crippen molar-refractivity contribution in [3.8, 4) is 11.6 Å². The van der Waals surface area contributed by atoms with Crippen molar-refractivity contribution in [3.63, 3.8) is 0 Å². The number of pyridine rings is 2. The second-order valence-corrected chi connectivity index (χ2v) is 8.00. The molecule has 31 heavy (non-hydrogen) atoms. The number of nitrogens with zero attached hydrogens (tertiary/aromatic N) is 5. The average Bonchev–Trinajstić information content (AvgIpc) is 3.29. The first-order valence-corrected chi connectivity index (χ1v) is 10.5. The van der Waals surface area contributed by atoms with E-state index >= 15 is 0 Å². The van der Waals surface area contributed by atoms with Crippen molar-refractivity contribution >= 4 is 5.91 Å². The van der Waals surface area contributed by atoms with Crippen molar-refractivity contribution in [2.45, 2.75) is 39.2 Å². The third kappa shape index (κ3) is 4.90. The Hall–Kier alpha value is -3.29. The Balaban J connectivity index is 1.52. The maximum atomic E-state index is 13.6. The van der Waals surface area contributed by atoms with Gasteiger partial charge in [0.25, 0.3) is 5.91 Å². The molecule has 1 aliphatic heterocycles. The molecule has 0 unspecified atom stereocenters.